The van der Waals surface area contributed by atoms with Crippen LogP contribution in [0.15, 0.2) is 182 Å². The van der Waals surface area contributed by atoms with Crippen molar-refractivity contribution in [3.05, 3.63) is 208 Å². The molecule has 0 heterocycles. The van der Waals surface area contributed by atoms with Crippen molar-refractivity contribution >= 4 is 61.0 Å². The van der Waals surface area contributed by atoms with Crippen LogP contribution in [-0.4, -0.2) is 39.5 Å². The fraction of sp³-hybridized carbons (Fsp3) is 0.0698. The Labute approximate surface area is 311 Å². The van der Waals surface area contributed by atoms with Crippen LogP contribution in [0.2, 0.25) is 0 Å². The van der Waals surface area contributed by atoms with Gasteiger partial charge in [-0.05, 0) is 0 Å². The Balaban J connectivity index is 0.000000263. The van der Waals surface area contributed by atoms with E-state index in [-0.39, 0.29) is 16.8 Å². The van der Waals surface area contributed by atoms with Crippen LogP contribution in [0.3, 0.4) is 0 Å². The Hall–Kier alpha value is -3.10. The van der Waals surface area contributed by atoms with E-state index < -0.39 is 39.5 Å². The standard InChI is InChI=1S/6C6H5.C5H8.2CO.Co.2Sn/c6*1-2-4-6-5-3-1;1-2-4-5-3-1;2*1-2;;;/h6*1-5H;1,4H,2-3,5H2;;;;;/q;;;;;;-2;;;;2*+1. The molecule has 2 nitrogen and oxygen atoms in total. The van der Waals surface area contributed by atoms with Gasteiger partial charge in [0, 0.05) is 16.8 Å². The van der Waals surface area contributed by atoms with Crippen molar-refractivity contribution in [1.29, 1.82) is 0 Å². The van der Waals surface area contributed by atoms with Crippen LogP contribution in [0.25, 0.3) is 0 Å². The molecule has 0 bridgehead atoms. The zero-order chi connectivity index (χ0) is 33.4. The molecule has 0 atom stereocenters. The van der Waals surface area contributed by atoms with E-state index in [0.29, 0.717) is 0 Å². The summed E-state index contributed by atoms with van der Waals surface area (Å²) in [5.41, 5.74) is 0. The Morgan fingerprint density at radius 2 is 0.500 bits per heavy atom. The van der Waals surface area contributed by atoms with E-state index in [1.165, 1.54) is 40.7 Å². The number of hydrogen-bond donors (Lipinski definition) is 0. The SMILES string of the molecule is [C-]#[O+].[C-]#[O+].[CH-]1C[CH-]CC1.[Co].c1cc[c]([Sn+]([c]2ccccc2)[c]2ccccc2)cc1.c1cc[c]([Sn+]([c]2ccccc2)[c]2ccccc2)cc1. The Bertz CT molecular complexity index is 1340. The predicted molar refractivity (Wildman–Crippen MR) is 198 cm³/mol. The van der Waals surface area contributed by atoms with Gasteiger partial charge in [-0.3, -0.25) is 0 Å². The molecular weight excluding hydrogens is 845 g/mol. The van der Waals surface area contributed by atoms with Crippen LogP contribution in [0.4, 0.5) is 0 Å². The molecular formula is C43H38CoO2Sn2. The third-order valence-electron chi connectivity index (χ3n) is 7.28. The molecule has 0 N–H and O–H groups in total. The van der Waals surface area contributed by atoms with Gasteiger partial charge in [0.25, 0.3) is 0 Å². The van der Waals surface area contributed by atoms with Crippen LogP contribution in [-0.2, 0) is 26.1 Å². The molecule has 48 heavy (non-hydrogen) atoms. The van der Waals surface area contributed by atoms with Gasteiger partial charge in [0.05, 0.1) is 0 Å². The van der Waals surface area contributed by atoms with Crippen molar-refractivity contribution in [2.75, 3.05) is 0 Å². The average molecular weight is 883 g/mol. The molecule has 0 aromatic heterocycles. The first-order chi connectivity index (χ1) is 23.4. The summed E-state index contributed by atoms with van der Waals surface area (Å²) < 4.78 is 24.2. The second-order valence-corrected chi connectivity index (χ2v) is 24.5. The zero-order valence-corrected chi connectivity index (χ0v) is 33.5. The number of benzene rings is 6. The second kappa shape index (κ2) is 25.9. The summed E-state index contributed by atoms with van der Waals surface area (Å²) in [4.78, 5) is 0. The Kier molecular flexibility index (Phi) is 22.1. The van der Waals surface area contributed by atoms with Crippen LogP contribution in [0.1, 0.15) is 19.3 Å². The maximum atomic E-state index is 7.50. The molecule has 6 aromatic carbocycles. The van der Waals surface area contributed by atoms with Crippen molar-refractivity contribution in [1.82, 2.24) is 0 Å². The summed E-state index contributed by atoms with van der Waals surface area (Å²) in [7, 11) is 0. The molecule has 0 amide bonds. The van der Waals surface area contributed by atoms with Crippen LogP contribution in [0, 0.1) is 26.1 Å². The molecule has 1 radical (unpaired) electrons. The van der Waals surface area contributed by atoms with Crippen LogP contribution >= 0.6 is 0 Å². The maximum absolute atomic E-state index is 7.50. The summed E-state index contributed by atoms with van der Waals surface area (Å²) in [5.74, 6) is 0. The van der Waals surface area contributed by atoms with Crippen molar-refractivity contribution in [3.63, 3.8) is 0 Å². The Morgan fingerprint density at radius 1 is 0.333 bits per heavy atom. The summed E-state index contributed by atoms with van der Waals surface area (Å²) in [5, 5.41) is 0. The predicted octanol–water partition coefficient (Wildman–Crippen LogP) is 5.91. The van der Waals surface area contributed by atoms with E-state index in [9.17, 15) is 0 Å². The van der Waals surface area contributed by atoms with Crippen LogP contribution in [0.5, 0.6) is 0 Å². The molecule has 0 unspecified atom stereocenters. The van der Waals surface area contributed by atoms with Gasteiger partial charge in [-0.1, -0.05) is 0 Å². The topological polar surface area (TPSA) is 39.8 Å². The zero-order valence-electron chi connectivity index (χ0n) is 26.7. The van der Waals surface area contributed by atoms with Gasteiger partial charge in [-0.15, -0.1) is 0 Å². The first-order valence-corrected chi connectivity index (χ1v) is 24.1. The van der Waals surface area contributed by atoms with Gasteiger partial charge in [-0.2, -0.15) is 0 Å². The molecule has 5 heteroatoms. The molecule has 239 valence electrons. The van der Waals surface area contributed by atoms with E-state index in [1.807, 2.05) is 0 Å². The third-order valence-corrected chi connectivity index (χ3v) is 22.9. The van der Waals surface area contributed by atoms with Crippen molar-refractivity contribution < 1.29 is 26.1 Å². The summed E-state index contributed by atoms with van der Waals surface area (Å²) in [6.07, 6.45) is 8.50. The molecule has 0 spiro atoms. The van der Waals surface area contributed by atoms with Crippen LogP contribution < -0.4 is 21.5 Å². The van der Waals surface area contributed by atoms with Gasteiger partial charge >= 0.3 is 266 Å². The molecule has 1 aliphatic rings. The van der Waals surface area contributed by atoms with Crippen molar-refractivity contribution in [3.8, 4) is 0 Å². The molecule has 1 aliphatic carbocycles. The quantitative estimate of drug-likeness (QED) is 0.114. The van der Waals surface area contributed by atoms with Gasteiger partial charge in [0.1, 0.15) is 0 Å². The molecule has 7 rings (SSSR count). The first-order valence-electron chi connectivity index (χ1n) is 15.5. The average Bonchev–Trinajstić information content (AvgIpc) is 3.78. The van der Waals surface area contributed by atoms with Gasteiger partial charge < -0.3 is 19.3 Å². The number of hydrogen-bond acceptors (Lipinski definition) is 0. The molecule has 1 saturated carbocycles. The minimum atomic E-state index is -1.98. The summed E-state index contributed by atoms with van der Waals surface area (Å²) in [6, 6.07) is 65.9. The third kappa shape index (κ3) is 13.8. The minimum absolute atomic E-state index is 0. The Morgan fingerprint density at radius 3 is 0.625 bits per heavy atom. The molecule has 0 saturated heterocycles. The molecule has 6 aromatic rings. The van der Waals surface area contributed by atoms with E-state index in [1.54, 1.807) is 0 Å². The van der Waals surface area contributed by atoms with E-state index in [0.717, 1.165) is 0 Å². The van der Waals surface area contributed by atoms with Crippen molar-refractivity contribution in [2.45, 2.75) is 19.3 Å². The number of rotatable bonds is 6. The van der Waals surface area contributed by atoms with E-state index in [2.05, 4.69) is 208 Å². The fourth-order valence-corrected chi connectivity index (χ4v) is 19.9. The molecule has 0 aliphatic heterocycles. The van der Waals surface area contributed by atoms with Gasteiger partial charge in [-0.25, -0.2) is 12.8 Å². The first kappa shape index (κ1) is 41.1. The van der Waals surface area contributed by atoms with Gasteiger partial charge in [0.2, 0.25) is 0 Å². The second-order valence-electron chi connectivity index (χ2n) is 10.3. The van der Waals surface area contributed by atoms with Gasteiger partial charge in [0.15, 0.2) is 0 Å². The summed E-state index contributed by atoms with van der Waals surface area (Å²) in [6.45, 7) is 9.00. The van der Waals surface area contributed by atoms with Crippen molar-refractivity contribution in [2.24, 2.45) is 0 Å². The summed E-state index contributed by atoms with van der Waals surface area (Å²) >= 11 is -3.96. The normalized spacial score (nSPS) is 10.6. The molecule has 1 fully saturated rings. The fourth-order valence-electron chi connectivity index (χ4n) is 5.22. The van der Waals surface area contributed by atoms with E-state index >= 15 is 0 Å². The monoisotopic (exact) mass is 885 g/mol. The van der Waals surface area contributed by atoms with E-state index in [4.69, 9.17) is 9.30 Å².